The second kappa shape index (κ2) is 5.39. The minimum atomic E-state index is -0.298. The molecule has 0 saturated carbocycles. The SMILES string of the molecule is CC(O)CC(C)(C)Cc1cccc(Cl)c1Cl. The highest BCUT2D eigenvalue weighted by molar-refractivity contribution is 6.42. The molecule has 0 saturated heterocycles. The summed E-state index contributed by atoms with van der Waals surface area (Å²) in [6, 6.07) is 5.68. The van der Waals surface area contributed by atoms with Gasteiger partial charge in [0.05, 0.1) is 16.1 Å². The predicted molar refractivity (Wildman–Crippen MR) is 70.2 cm³/mol. The van der Waals surface area contributed by atoms with Crippen LogP contribution in [0.25, 0.3) is 0 Å². The maximum absolute atomic E-state index is 9.43. The first kappa shape index (κ1) is 13.8. The zero-order valence-corrected chi connectivity index (χ0v) is 11.4. The van der Waals surface area contributed by atoms with Crippen molar-refractivity contribution in [1.82, 2.24) is 0 Å². The van der Waals surface area contributed by atoms with Crippen LogP contribution in [0.2, 0.25) is 10.0 Å². The van der Waals surface area contributed by atoms with E-state index in [-0.39, 0.29) is 11.5 Å². The van der Waals surface area contributed by atoms with Crippen LogP contribution in [-0.4, -0.2) is 11.2 Å². The monoisotopic (exact) mass is 260 g/mol. The van der Waals surface area contributed by atoms with E-state index in [0.717, 1.165) is 18.4 Å². The Morgan fingerprint density at radius 1 is 1.31 bits per heavy atom. The zero-order chi connectivity index (χ0) is 12.3. The number of halogens is 2. The van der Waals surface area contributed by atoms with E-state index in [2.05, 4.69) is 13.8 Å². The molecule has 90 valence electrons. The summed E-state index contributed by atoms with van der Waals surface area (Å²) in [5.41, 5.74) is 1.06. The summed E-state index contributed by atoms with van der Waals surface area (Å²) >= 11 is 12.1. The zero-order valence-electron chi connectivity index (χ0n) is 9.93. The van der Waals surface area contributed by atoms with Crippen molar-refractivity contribution in [2.75, 3.05) is 0 Å². The second-order valence-electron chi connectivity index (χ2n) is 5.11. The van der Waals surface area contributed by atoms with E-state index in [1.165, 1.54) is 0 Å². The molecular formula is C13H18Cl2O. The molecule has 1 atom stereocenters. The second-order valence-corrected chi connectivity index (χ2v) is 5.89. The molecule has 0 aliphatic heterocycles. The first-order valence-electron chi connectivity index (χ1n) is 5.43. The molecule has 0 bridgehead atoms. The predicted octanol–water partition coefficient (Wildman–Crippen LogP) is 4.33. The molecule has 1 aromatic carbocycles. The van der Waals surface area contributed by atoms with Gasteiger partial charge in [-0.05, 0) is 36.8 Å². The normalized spacial score (nSPS) is 13.9. The Labute approximate surface area is 107 Å². The van der Waals surface area contributed by atoms with Crippen LogP contribution in [0.3, 0.4) is 0 Å². The number of benzene rings is 1. The van der Waals surface area contributed by atoms with Gasteiger partial charge in [0, 0.05) is 0 Å². The fraction of sp³-hybridized carbons (Fsp3) is 0.538. The number of rotatable bonds is 4. The summed E-state index contributed by atoms with van der Waals surface area (Å²) in [5, 5.41) is 10.6. The number of hydrogen-bond acceptors (Lipinski definition) is 1. The van der Waals surface area contributed by atoms with E-state index in [1.807, 2.05) is 12.1 Å². The lowest BCUT2D eigenvalue weighted by Crippen LogP contribution is -2.21. The molecule has 1 N–H and O–H groups in total. The van der Waals surface area contributed by atoms with Gasteiger partial charge in [0.2, 0.25) is 0 Å². The average molecular weight is 261 g/mol. The Morgan fingerprint density at radius 3 is 2.50 bits per heavy atom. The van der Waals surface area contributed by atoms with E-state index in [4.69, 9.17) is 23.2 Å². The van der Waals surface area contributed by atoms with Crippen molar-refractivity contribution in [3.05, 3.63) is 33.8 Å². The van der Waals surface area contributed by atoms with Crippen molar-refractivity contribution in [1.29, 1.82) is 0 Å². The first-order valence-corrected chi connectivity index (χ1v) is 6.18. The molecule has 16 heavy (non-hydrogen) atoms. The van der Waals surface area contributed by atoms with Crippen molar-refractivity contribution in [2.45, 2.75) is 39.7 Å². The van der Waals surface area contributed by atoms with Gasteiger partial charge >= 0.3 is 0 Å². The van der Waals surface area contributed by atoms with Gasteiger partial charge in [0.25, 0.3) is 0 Å². The molecule has 1 nitrogen and oxygen atoms in total. The maximum atomic E-state index is 9.43. The van der Waals surface area contributed by atoms with Gasteiger partial charge in [-0.1, -0.05) is 49.2 Å². The van der Waals surface area contributed by atoms with Crippen molar-refractivity contribution in [3.8, 4) is 0 Å². The lowest BCUT2D eigenvalue weighted by molar-refractivity contribution is 0.129. The highest BCUT2D eigenvalue weighted by Gasteiger charge is 2.22. The number of aliphatic hydroxyl groups is 1. The summed E-state index contributed by atoms with van der Waals surface area (Å²) in [4.78, 5) is 0. The Kier molecular flexibility index (Phi) is 4.66. The fourth-order valence-electron chi connectivity index (χ4n) is 2.07. The third kappa shape index (κ3) is 3.97. The van der Waals surface area contributed by atoms with Gasteiger partial charge in [-0.3, -0.25) is 0 Å². The van der Waals surface area contributed by atoms with Crippen LogP contribution in [0.4, 0.5) is 0 Å². The van der Waals surface area contributed by atoms with Crippen LogP contribution in [0, 0.1) is 5.41 Å². The Morgan fingerprint density at radius 2 is 1.94 bits per heavy atom. The van der Waals surface area contributed by atoms with Crippen LogP contribution >= 0.6 is 23.2 Å². The smallest absolute Gasteiger partial charge is 0.0624 e. The van der Waals surface area contributed by atoms with Crippen LogP contribution in [0.15, 0.2) is 18.2 Å². The molecule has 0 heterocycles. The largest absolute Gasteiger partial charge is 0.393 e. The average Bonchev–Trinajstić information content (AvgIpc) is 2.10. The molecule has 1 unspecified atom stereocenters. The molecule has 0 aliphatic rings. The Bertz CT molecular complexity index is 359. The molecule has 3 heteroatoms. The maximum Gasteiger partial charge on any atom is 0.0624 e. The molecule has 1 aromatic rings. The summed E-state index contributed by atoms with van der Waals surface area (Å²) in [5.74, 6) is 0. The first-order chi connectivity index (χ1) is 7.32. The van der Waals surface area contributed by atoms with Gasteiger partial charge in [0.1, 0.15) is 0 Å². The topological polar surface area (TPSA) is 20.2 Å². The van der Waals surface area contributed by atoms with Gasteiger partial charge in [0.15, 0.2) is 0 Å². The highest BCUT2D eigenvalue weighted by atomic mass is 35.5. The number of hydrogen-bond donors (Lipinski definition) is 1. The lowest BCUT2D eigenvalue weighted by atomic mass is 9.81. The minimum absolute atomic E-state index is 0.0164. The molecule has 0 fully saturated rings. The molecule has 0 amide bonds. The summed E-state index contributed by atoms with van der Waals surface area (Å²) in [6.45, 7) is 6.05. The van der Waals surface area contributed by atoms with Crippen LogP contribution in [0.5, 0.6) is 0 Å². The molecular weight excluding hydrogens is 243 g/mol. The third-order valence-corrected chi connectivity index (χ3v) is 3.41. The minimum Gasteiger partial charge on any atom is -0.393 e. The standard InChI is InChI=1S/C13H18Cl2O/c1-9(16)7-13(2,3)8-10-5-4-6-11(14)12(10)15/h4-6,9,16H,7-8H2,1-3H3. The molecule has 0 aliphatic carbocycles. The van der Waals surface area contributed by atoms with Gasteiger partial charge in [-0.25, -0.2) is 0 Å². The summed E-state index contributed by atoms with van der Waals surface area (Å²) in [6.07, 6.45) is 1.26. The van der Waals surface area contributed by atoms with Crippen molar-refractivity contribution < 1.29 is 5.11 Å². The molecule has 0 spiro atoms. The third-order valence-electron chi connectivity index (χ3n) is 2.55. The van der Waals surface area contributed by atoms with E-state index >= 15 is 0 Å². The Hall–Kier alpha value is -0.240. The summed E-state index contributed by atoms with van der Waals surface area (Å²) in [7, 11) is 0. The van der Waals surface area contributed by atoms with Gasteiger partial charge < -0.3 is 5.11 Å². The molecule has 1 rings (SSSR count). The molecule has 0 aromatic heterocycles. The van der Waals surface area contributed by atoms with Crippen molar-refractivity contribution in [3.63, 3.8) is 0 Å². The number of aliphatic hydroxyl groups excluding tert-OH is 1. The van der Waals surface area contributed by atoms with Crippen molar-refractivity contribution in [2.24, 2.45) is 5.41 Å². The molecule has 0 radical (unpaired) electrons. The van der Waals surface area contributed by atoms with E-state index in [0.29, 0.717) is 10.0 Å². The van der Waals surface area contributed by atoms with Gasteiger partial charge in [-0.15, -0.1) is 0 Å². The fourth-order valence-corrected chi connectivity index (χ4v) is 2.46. The quantitative estimate of drug-likeness (QED) is 0.855. The van der Waals surface area contributed by atoms with E-state index in [1.54, 1.807) is 13.0 Å². The highest BCUT2D eigenvalue weighted by Crippen LogP contribution is 2.33. The lowest BCUT2D eigenvalue weighted by Gasteiger charge is -2.26. The van der Waals surface area contributed by atoms with Crippen molar-refractivity contribution >= 4 is 23.2 Å². The van der Waals surface area contributed by atoms with E-state index in [9.17, 15) is 5.11 Å². The van der Waals surface area contributed by atoms with Crippen LogP contribution in [0.1, 0.15) is 32.8 Å². The van der Waals surface area contributed by atoms with Crippen LogP contribution < -0.4 is 0 Å². The summed E-state index contributed by atoms with van der Waals surface area (Å²) < 4.78 is 0. The van der Waals surface area contributed by atoms with Gasteiger partial charge in [-0.2, -0.15) is 0 Å². The Balaban J connectivity index is 2.83. The van der Waals surface area contributed by atoms with Crippen LogP contribution in [-0.2, 0) is 6.42 Å². The van der Waals surface area contributed by atoms with E-state index < -0.39 is 0 Å².